The Morgan fingerprint density at radius 3 is 2.56 bits per heavy atom. The molecule has 18 heavy (non-hydrogen) atoms. The molecule has 0 aliphatic rings. The molecule has 1 aromatic heterocycles. The fourth-order valence-electron chi connectivity index (χ4n) is 1.55. The van der Waals surface area contributed by atoms with E-state index in [4.69, 9.17) is 5.73 Å². The Morgan fingerprint density at radius 2 is 1.94 bits per heavy atom. The van der Waals surface area contributed by atoms with Crippen LogP contribution < -0.4 is 10.5 Å². The topological polar surface area (TPSA) is 35.2 Å². The van der Waals surface area contributed by atoms with Crippen molar-refractivity contribution in [3.63, 3.8) is 0 Å². The van der Waals surface area contributed by atoms with E-state index in [0.717, 1.165) is 5.56 Å². The first-order chi connectivity index (χ1) is 8.46. The Morgan fingerprint density at radius 1 is 1.17 bits per heavy atom. The maximum Gasteiger partial charge on any atom is 0.573 e. The van der Waals surface area contributed by atoms with Gasteiger partial charge in [0.15, 0.2) is 0 Å². The lowest BCUT2D eigenvalue weighted by Crippen LogP contribution is -2.17. The molecule has 0 bridgehead atoms. The molecule has 1 atom stereocenters. The number of benzene rings is 1. The van der Waals surface area contributed by atoms with Gasteiger partial charge < -0.3 is 10.5 Å². The minimum atomic E-state index is -4.69. The zero-order valence-electron chi connectivity index (χ0n) is 9.15. The summed E-state index contributed by atoms with van der Waals surface area (Å²) in [6, 6.07) is 7.10. The summed E-state index contributed by atoms with van der Waals surface area (Å²) in [6.07, 6.45) is -4.69. The van der Waals surface area contributed by atoms with Gasteiger partial charge in [-0.3, -0.25) is 0 Å². The van der Waals surface area contributed by atoms with E-state index in [-0.39, 0.29) is 5.75 Å². The summed E-state index contributed by atoms with van der Waals surface area (Å²) < 4.78 is 40.1. The van der Waals surface area contributed by atoms with Crippen molar-refractivity contribution in [1.29, 1.82) is 0 Å². The van der Waals surface area contributed by atoms with Crippen LogP contribution in [0, 0.1) is 0 Å². The van der Waals surface area contributed by atoms with E-state index >= 15 is 0 Å². The van der Waals surface area contributed by atoms with Crippen LogP contribution in [0.5, 0.6) is 5.75 Å². The van der Waals surface area contributed by atoms with Crippen molar-refractivity contribution in [1.82, 2.24) is 0 Å². The van der Waals surface area contributed by atoms with Gasteiger partial charge in [0.2, 0.25) is 0 Å². The number of hydrogen-bond donors (Lipinski definition) is 1. The number of ether oxygens (including phenoxy) is 1. The lowest BCUT2D eigenvalue weighted by Gasteiger charge is -2.13. The summed E-state index contributed by atoms with van der Waals surface area (Å²) in [5.74, 6) is -0.259. The maximum atomic E-state index is 12.1. The summed E-state index contributed by atoms with van der Waals surface area (Å²) in [7, 11) is 0. The highest BCUT2D eigenvalue weighted by atomic mass is 32.1. The van der Waals surface area contributed by atoms with E-state index in [0.29, 0.717) is 5.56 Å². The first kappa shape index (κ1) is 12.9. The summed E-state index contributed by atoms with van der Waals surface area (Å²) >= 11 is 1.49. The molecule has 0 aliphatic carbocycles. The second-order valence-corrected chi connectivity index (χ2v) is 4.43. The molecule has 0 unspecified atom stereocenters. The van der Waals surface area contributed by atoms with Gasteiger partial charge in [-0.2, -0.15) is 11.3 Å². The normalized spacial score (nSPS) is 13.3. The van der Waals surface area contributed by atoms with Gasteiger partial charge in [-0.25, -0.2) is 0 Å². The van der Waals surface area contributed by atoms with E-state index in [1.165, 1.54) is 29.5 Å². The number of alkyl halides is 3. The third kappa shape index (κ3) is 3.24. The summed E-state index contributed by atoms with van der Waals surface area (Å²) in [5, 5.41) is 3.73. The molecule has 0 amide bonds. The Labute approximate surface area is 106 Å². The van der Waals surface area contributed by atoms with Crippen LogP contribution in [0.1, 0.15) is 17.2 Å². The molecule has 2 N–H and O–H groups in total. The van der Waals surface area contributed by atoms with Gasteiger partial charge >= 0.3 is 6.36 Å². The van der Waals surface area contributed by atoms with Gasteiger partial charge in [0.1, 0.15) is 5.75 Å². The Bertz CT molecular complexity index is 510. The van der Waals surface area contributed by atoms with Crippen molar-refractivity contribution in [2.75, 3.05) is 0 Å². The molecule has 0 saturated heterocycles. The zero-order valence-corrected chi connectivity index (χ0v) is 9.96. The second kappa shape index (κ2) is 4.99. The van der Waals surface area contributed by atoms with Crippen molar-refractivity contribution in [2.24, 2.45) is 5.73 Å². The second-order valence-electron chi connectivity index (χ2n) is 3.65. The number of halogens is 3. The number of rotatable bonds is 3. The molecule has 0 saturated carbocycles. The van der Waals surface area contributed by atoms with E-state index in [1.54, 1.807) is 6.07 Å². The number of nitrogens with two attached hydrogens (primary N) is 1. The lowest BCUT2D eigenvalue weighted by atomic mass is 10.0. The van der Waals surface area contributed by atoms with Crippen LogP contribution in [0.4, 0.5) is 13.2 Å². The van der Waals surface area contributed by atoms with Gasteiger partial charge in [-0.05, 0) is 40.1 Å². The monoisotopic (exact) mass is 273 g/mol. The van der Waals surface area contributed by atoms with Crippen molar-refractivity contribution in [3.8, 4) is 5.75 Å². The van der Waals surface area contributed by atoms with Gasteiger partial charge in [0, 0.05) is 0 Å². The number of thiophene rings is 1. The molecule has 0 spiro atoms. The molecule has 96 valence electrons. The fourth-order valence-corrected chi connectivity index (χ4v) is 2.25. The van der Waals surface area contributed by atoms with Crippen LogP contribution in [0.2, 0.25) is 0 Å². The van der Waals surface area contributed by atoms with E-state index in [9.17, 15) is 13.2 Å². The predicted octanol–water partition coefficient (Wildman–Crippen LogP) is 3.69. The summed E-state index contributed by atoms with van der Waals surface area (Å²) in [5.41, 5.74) is 7.41. The standard InChI is InChI=1S/C12H10F3NOS/c13-12(14,15)17-10-3-1-2-8(6-10)11(16)9-4-5-18-7-9/h1-7,11H,16H2/t11-/m1/s1. The highest BCUT2D eigenvalue weighted by Gasteiger charge is 2.31. The third-order valence-electron chi connectivity index (χ3n) is 2.35. The van der Waals surface area contributed by atoms with Crippen molar-refractivity contribution in [2.45, 2.75) is 12.4 Å². The Hall–Kier alpha value is -1.53. The minimum Gasteiger partial charge on any atom is -0.406 e. The van der Waals surface area contributed by atoms with Gasteiger partial charge in [-0.1, -0.05) is 12.1 Å². The summed E-state index contributed by atoms with van der Waals surface area (Å²) in [6.45, 7) is 0. The van der Waals surface area contributed by atoms with Gasteiger partial charge in [-0.15, -0.1) is 13.2 Å². The molecule has 1 heterocycles. The van der Waals surface area contributed by atoms with Crippen LogP contribution in [0.25, 0.3) is 0 Å². The van der Waals surface area contributed by atoms with Crippen LogP contribution >= 0.6 is 11.3 Å². The Kier molecular flexibility index (Phi) is 3.58. The molecule has 0 fully saturated rings. The highest BCUT2D eigenvalue weighted by molar-refractivity contribution is 7.08. The van der Waals surface area contributed by atoms with Crippen LogP contribution in [0.3, 0.4) is 0 Å². The molecule has 0 aliphatic heterocycles. The van der Waals surface area contributed by atoms with Gasteiger partial charge in [0.05, 0.1) is 6.04 Å². The molecular formula is C12H10F3NOS. The fraction of sp³-hybridized carbons (Fsp3) is 0.167. The Balaban J connectivity index is 2.22. The molecule has 6 heteroatoms. The smallest absolute Gasteiger partial charge is 0.406 e. The molecule has 2 aromatic rings. The predicted molar refractivity (Wildman–Crippen MR) is 63.5 cm³/mol. The number of hydrogen-bond acceptors (Lipinski definition) is 3. The van der Waals surface area contributed by atoms with Gasteiger partial charge in [0.25, 0.3) is 0 Å². The average Bonchev–Trinajstić information content (AvgIpc) is 2.79. The minimum absolute atomic E-state index is 0.259. The van der Waals surface area contributed by atoms with Crippen molar-refractivity contribution >= 4 is 11.3 Å². The van der Waals surface area contributed by atoms with Crippen molar-refractivity contribution in [3.05, 3.63) is 52.2 Å². The molecule has 1 aromatic carbocycles. The molecule has 2 rings (SSSR count). The van der Waals surface area contributed by atoms with E-state index < -0.39 is 12.4 Å². The van der Waals surface area contributed by atoms with E-state index in [1.807, 2.05) is 16.8 Å². The van der Waals surface area contributed by atoms with Crippen molar-refractivity contribution < 1.29 is 17.9 Å². The first-order valence-corrected chi connectivity index (χ1v) is 6.03. The van der Waals surface area contributed by atoms with E-state index in [2.05, 4.69) is 4.74 Å². The maximum absolute atomic E-state index is 12.1. The quantitative estimate of drug-likeness (QED) is 0.925. The van der Waals surface area contributed by atoms with Crippen LogP contribution in [0.15, 0.2) is 41.1 Å². The summed E-state index contributed by atoms with van der Waals surface area (Å²) in [4.78, 5) is 0. The molecular weight excluding hydrogens is 263 g/mol. The first-order valence-electron chi connectivity index (χ1n) is 5.09. The third-order valence-corrected chi connectivity index (χ3v) is 3.05. The highest BCUT2D eigenvalue weighted by Crippen LogP contribution is 2.27. The van der Waals surface area contributed by atoms with Crippen LogP contribution in [-0.4, -0.2) is 6.36 Å². The lowest BCUT2D eigenvalue weighted by molar-refractivity contribution is -0.274. The SMILES string of the molecule is N[C@@H](c1ccsc1)c1cccc(OC(F)(F)F)c1. The molecule has 0 radical (unpaired) electrons. The largest absolute Gasteiger partial charge is 0.573 e. The average molecular weight is 273 g/mol. The molecule has 2 nitrogen and oxygen atoms in total. The zero-order chi connectivity index (χ0) is 13.2. The van der Waals surface area contributed by atoms with Crippen LogP contribution in [-0.2, 0) is 0 Å².